The molecule has 0 bridgehead atoms. The summed E-state index contributed by atoms with van der Waals surface area (Å²) in [5, 5.41) is 0.607. The molecule has 2 N–H and O–H groups in total. The molecular formula is C15H14ClFIN. The van der Waals surface area contributed by atoms with Gasteiger partial charge in [-0.05, 0) is 77.4 Å². The van der Waals surface area contributed by atoms with E-state index in [-0.39, 0.29) is 5.82 Å². The van der Waals surface area contributed by atoms with Gasteiger partial charge in [0.2, 0.25) is 0 Å². The Morgan fingerprint density at radius 3 is 2.53 bits per heavy atom. The van der Waals surface area contributed by atoms with E-state index in [4.69, 9.17) is 17.3 Å². The average molecular weight is 390 g/mol. The van der Waals surface area contributed by atoms with E-state index in [9.17, 15) is 4.39 Å². The fourth-order valence-electron chi connectivity index (χ4n) is 2.23. The molecule has 1 nitrogen and oxygen atoms in total. The third-order valence-corrected chi connectivity index (χ3v) is 4.30. The van der Waals surface area contributed by atoms with Crippen LogP contribution in [0, 0.1) is 23.2 Å². The Balaban J connectivity index is 2.56. The normalized spacial score (nSPS) is 12.5. The third-order valence-electron chi connectivity index (χ3n) is 3.08. The fourth-order valence-corrected chi connectivity index (χ4v) is 3.08. The Morgan fingerprint density at radius 2 is 1.89 bits per heavy atom. The molecule has 1 atom stereocenters. The first kappa shape index (κ1) is 14.8. The molecule has 0 aliphatic rings. The SMILES string of the molecule is Cc1cc(C)c(C(N)c2cc(Cl)ccc2I)c(F)c1. The lowest BCUT2D eigenvalue weighted by Gasteiger charge is -2.18. The van der Waals surface area contributed by atoms with Gasteiger partial charge < -0.3 is 5.73 Å². The highest BCUT2D eigenvalue weighted by atomic mass is 127. The Morgan fingerprint density at radius 1 is 1.21 bits per heavy atom. The van der Waals surface area contributed by atoms with Gasteiger partial charge in [-0.15, -0.1) is 0 Å². The van der Waals surface area contributed by atoms with Gasteiger partial charge in [0, 0.05) is 14.2 Å². The summed E-state index contributed by atoms with van der Waals surface area (Å²) in [5.41, 5.74) is 9.37. The molecule has 0 amide bonds. The second-order valence-corrected chi connectivity index (χ2v) is 6.22. The number of rotatable bonds is 2. The minimum absolute atomic E-state index is 0.263. The molecule has 100 valence electrons. The summed E-state index contributed by atoms with van der Waals surface area (Å²) in [6, 6.07) is 8.44. The number of benzene rings is 2. The quantitative estimate of drug-likeness (QED) is 0.737. The molecule has 0 saturated carbocycles. The first-order valence-corrected chi connectivity index (χ1v) is 7.33. The van der Waals surface area contributed by atoms with Crippen LogP contribution in [0.4, 0.5) is 4.39 Å². The van der Waals surface area contributed by atoms with Crippen LogP contribution in [0.2, 0.25) is 5.02 Å². The van der Waals surface area contributed by atoms with Crippen molar-refractivity contribution >= 4 is 34.2 Å². The van der Waals surface area contributed by atoms with Crippen LogP contribution in [-0.4, -0.2) is 0 Å². The number of hydrogen-bond acceptors (Lipinski definition) is 1. The lowest BCUT2D eigenvalue weighted by molar-refractivity contribution is 0.595. The van der Waals surface area contributed by atoms with Gasteiger partial charge in [-0.1, -0.05) is 17.7 Å². The van der Waals surface area contributed by atoms with Gasteiger partial charge >= 0.3 is 0 Å². The lowest BCUT2D eigenvalue weighted by Crippen LogP contribution is -2.16. The van der Waals surface area contributed by atoms with E-state index in [2.05, 4.69) is 22.6 Å². The van der Waals surface area contributed by atoms with Crippen LogP contribution in [0.25, 0.3) is 0 Å². The highest BCUT2D eigenvalue weighted by Gasteiger charge is 2.19. The molecule has 19 heavy (non-hydrogen) atoms. The van der Waals surface area contributed by atoms with E-state index in [1.807, 2.05) is 26.0 Å². The molecule has 0 aromatic heterocycles. The number of aryl methyl sites for hydroxylation is 2. The number of halogens is 3. The van der Waals surface area contributed by atoms with E-state index in [1.54, 1.807) is 12.1 Å². The van der Waals surface area contributed by atoms with Crippen molar-refractivity contribution in [3.63, 3.8) is 0 Å². The van der Waals surface area contributed by atoms with E-state index in [1.165, 1.54) is 6.07 Å². The fraction of sp³-hybridized carbons (Fsp3) is 0.200. The van der Waals surface area contributed by atoms with Crippen molar-refractivity contribution in [2.24, 2.45) is 5.73 Å². The Hall–Kier alpha value is -0.650. The molecule has 2 rings (SSSR count). The van der Waals surface area contributed by atoms with E-state index < -0.39 is 6.04 Å². The highest BCUT2D eigenvalue weighted by Crippen LogP contribution is 2.30. The summed E-state index contributed by atoms with van der Waals surface area (Å²) in [6.45, 7) is 3.75. The van der Waals surface area contributed by atoms with Gasteiger partial charge in [0.1, 0.15) is 5.82 Å². The second kappa shape index (κ2) is 5.77. The monoisotopic (exact) mass is 389 g/mol. The van der Waals surface area contributed by atoms with Crippen LogP contribution in [-0.2, 0) is 0 Å². The summed E-state index contributed by atoms with van der Waals surface area (Å²) < 4.78 is 15.1. The zero-order chi connectivity index (χ0) is 14.2. The van der Waals surface area contributed by atoms with Gasteiger partial charge in [0.05, 0.1) is 6.04 Å². The molecule has 2 aromatic carbocycles. The molecular weight excluding hydrogens is 376 g/mol. The molecule has 1 unspecified atom stereocenters. The van der Waals surface area contributed by atoms with Gasteiger partial charge in [0.15, 0.2) is 0 Å². The standard InChI is InChI=1S/C15H14ClFIN/c1-8-5-9(2)14(12(17)6-8)15(19)11-7-10(16)3-4-13(11)18/h3-7,15H,19H2,1-2H3. The molecule has 0 saturated heterocycles. The van der Waals surface area contributed by atoms with Gasteiger partial charge in [0.25, 0.3) is 0 Å². The van der Waals surface area contributed by atoms with Crippen molar-refractivity contribution < 1.29 is 4.39 Å². The molecule has 0 radical (unpaired) electrons. The van der Waals surface area contributed by atoms with Crippen LogP contribution in [0.3, 0.4) is 0 Å². The van der Waals surface area contributed by atoms with E-state index in [0.717, 1.165) is 20.3 Å². The average Bonchev–Trinajstić information content (AvgIpc) is 2.30. The van der Waals surface area contributed by atoms with Gasteiger partial charge in [-0.3, -0.25) is 0 Å². The van der Waals surface area contributed by atoms with Crippen LogP contribution in [0.5, 0.6) is 0 Å². The second-order valence-electron chi connectivity index (χ2n) is 4.62. The van der Waals surface area contributed by atoms with Crippen molar-refractivity contribution in [1.82, 2.24) is 0 Å². The summed E-state index contributed by atoms with van der Waals surface area (Å²) in [5.74, 6) is -0.263. The summed E-state index contributed by atoms with van der Waals surface area (Å²) in [4.78, 5) is 0. The largest absolute Gasteiger partial charge is 0.320 e. The lowest BCUT2D eigenvalue weighted by atomic mass is 9.94. The van der Waals surface area contributed by atoms with Gasteiger partial charge in [-0.25, -0.2) is 4.39 Å². The minimum Gasteiger partial charge on any atom is -0.320 e. The topological polar surface area (TPSA) is 26.0 Å². The molecule has 2 aromatic rings. The highest BCUT2D eigenvalue weighted by molar-refractivity contribution is 14.1. The minimum atomic E-state index is -0.508. The number of nitrogens with two attached hydrogens (primary N) is 1. The predicted octanol–water partition coefficient (Wildman–Crippen LogP) is 4.75. The number of hydrogen-bond donors (Lipinski definition) is 1. The maximum Gasteiger partial charge on any atom is 0.128 e. The first-order chi connectivity index (χ1) is 8.90. The van der Waals surface area contributed by atoms with Crippen molar-refractivity contribution in [2.45, 2.75) is 19.9 Å². The smallest absolute Gasteiger partial charge is 0.128 e. The van der Waals surface area contributed by atoms with Crippen molar-refractivity contribution in [3.05, 3.63) is 67.0 Å². The molecule has 0 fully saturated rings. The van der Waals surface area contributed by atoms with Gasteiger partial charge in [-0.2, -0.15) is 0 Å². The van der Waals surface area contributed by atoms with Crippen molar-refractivity contribution in [3.8, 4) is 0 Å². The Labute approximate surface area is 131 Å². The molecule has 0 aliphatic heterocycles. The first-order valence-electron chi connectivity index (χ1n) is 5.87. The molecule has 0 heterocycles. The van der Waals surface area contributed by atoms with E-state index >= 15 is 0 Å². The zero-order valence-corrected chi connectivity index (χ0v) is 13.6. The molecule has 0 aliphatic carbocycles. The zero-order valence-electron chi connectivity index (χ0n) is 10.7. The van der Waals surface area contributed by atoms with Crippen molar-refractivity contribution in [2.75, 3.05) is 0 Å². The maximum absolute atomic E-state index is 14.2. The van der Waals surface area contributed by atoms with E-state index in [0.29, 0.717) is 10.6 Å². The predicted molar refractivity (Wildman–Crippen MR) is 86.1 cm³/mol. The summed E-state index contributed by atoms with van der Waals surface area (Å²) >= 11 is 8.19. The van der Waals surface area contributed by atoms with Crippen LogP contribution >= 0.6 is 34.2 Å². The van der Waals surface area contributed by atoms with Crippen LogP contribution < -0.4 is 5.73 Å². The Bertz CT molecular complexity index is 605. The summed E-state index contributed by atoms with van der Waals surface area (Å²) in [7, 11) is 0. The third kappa shape index (κ3) is 3.09. The molecule has 4 heteroatoms. The van der Waals surface area contributed by atoms with Crippen LogP contribution in [0.15, 0.2) is 30.3 Å². The van der Waals surface area contributed by atoms with Crippen molar-refractivity contribution in [1.29, 1.82) is 0 Å². The maximum atomic E-state index is 14.2. The summed E-state index contributed by atoms with van der Waals surface area (Å²) in [6.07, 6.45) is 0. The molecule has 0 spiro atoms. The van der Waals surface area contributed by atoms with Crippen LogP contribution in [0.1, 0.15) is 28.3 Å². The Kier molecular flexibility index (Phi) is 4.48.